The van der Waals surface area contributed by atoms with Gasteiger partial charge in [0.1, 0.15) is 12.0 Å². The summed E-state index contributed by atoms with van der Waals surface area (Å²) in [6.45, 7) is 7.65. The molecule has 39 heavy (non-hydrogen) atoms. The molecular formula is C32H40N4O3. The van der Waals surface area contributed by atoms with Gasteiger partial charge in [0.2, 0.25) is 0 Å². The minimum Gasteiger partial charge on any atom is -0.496 e. The van der Waals surface area contributed by atoms with Crippen LogP contribution in [-0.4, -0.2) is 76.1 Å². The Balaban J connectivity index is 1.22. The minimum absolute atomic E-state index is 0.284. The van der Waals surface area contributed by atoms with Crippen LogP contribution in [0.4, 0.5) is 11.4 Å². The normalized spacial score (nSPS) is 16.9. The van der Waals surface area contributed by atoms with E-state index in [-0.39, 0.29) is 6.04 Å². The number of fused-ring (bicyclic) bond motifs is 1. The number of aldehydes is 1. The zero-order valence-electron chi connectivity index (χ0n) is 23.1. The van der Waals surface area contributed by atoms with Crippen LogP contribution in [0.5, 0.6) is 5.75 Å². The van der Waals surface area contributed by atoms with Crippen LogP contribution < -0.4 is 15.0 Å². The molecule has 2 aliphatic heterocycles. The fourth-order valence-electron chi connectivity index (χ4n) is 5.62. The lowest BCUT2D eigenvalue weighted by Gasteiger charge is -2.39. The molecule has 206 valence electrons. The number of carbonyl (C=O) groups is 1. The number of likely N-dealkylation sites (N-methyl/N-ethyl adjacent to an activating group) is 1. The van der Waals surface area contributed by atoms with Gasteiger partial charge < -0.3 is 29.4 Å². The average molecular weight is 529 g/mol. The third-order valence-corrected chi connectivity index (χ3v) is 7.90. The molecule has 1 atom stereocenters. The molecule has 0 spiro atoms. The van der Waals surface area contributed by atoms with Gasteiger partial charge in [-0.05, 0) is 54.4 Å². The van der Waals surface area contributed by atoms with E-state index in [0.29, 0.717) is 13.2 Å². The van der Waals surface area contributed by atoms with E-state index in [1.807, 2.05) is 18.2 Å². The van der Waals surface area contributed by atoms with Crippen molar-refractivity contribution < 1.29 is 14.3 Å². The summed E-state index contributed by atoms with van der Waals surface area (Å²) in [4.78, 5) is 19.6. The Morgan fingerprint density at radius 1 is 0.923 bits per heavy atom. The van der Waals surface area contributed by atoms with Gasteiger partial charge in [-0.3, -0.25) is 4.90 Å². The van der Waals surface area contributed by atoms with Crippen molar-refractivity contribution >= 4 is 17.7 Å². The lowest BCUT2D eigenvalue weighted by atomic mass is 9.93. The third-order valence-electron chi connectivity index (χ3n) is 7.90. The molecule has 0 unspecified atom stereocenters. The molecular weight excluding hydrogens is 488 g/mol. The van der Waals surface area contributed by atoms with E-state index in [4.69, 9.17) is 9.47 Å². The molecule has 1 N–H and O–H groups in total. The summed E-state index contributed by atoms with van der Waals surface area (Å²) in [6.07, 6.45) is 1.95. The van der Waals surface area contributed by atoms with Crippen LogP contribution in [0, 0.1) is 0 Å². The van der Waals surface area contributed by atoms with E-state index < -0.39 is 0 Å². The summed E-state index contributed by atoms with van der Waals surface area (Å²) in [6, 6.07) is 22.5. The number of nitrogens with one attached hydrogen (secondary N) is 1. The average Bonchev–Trinajstić information content (AvgIpc) is 2.98. The SMILES string of the molecule is COc1ccc(N2CCN(C)CC2)c2c1CCN([C@H](C=O)c1ccc(NCCOCc3ccccc3)cc1)C2. The second kappa shape index (κ2) is 13.1. The Labute approximate surface area is 232 Å². The number of methoxy groups -OCH3 is 1. The maximum absolute atomic E-state index is 12.4. The highest BCUT2D eigenvalue weighted by Gasteiger charge is 2.30. The van der Waals surface area contributed by atoms with E-state index in [2.05, 4.69) is 75.6 Å². The van der Waals surface area contributed by atoms with Crippen LogP contribution in [-0.2, 0) is 29.1 Å². The Morgan fingerprint density at radius 3 is 2.41 bits per heavy atom. The number of rotatable bonds is 11. The molecule has 1 fully saturated rings. The summed E-state index contributed by atoms with van der Waals surface area (Å²) in [5.74, 6) is 0.952. The van der Waals surface area contributed by atoms with E-state index in [1.54, 1.807) is 7.11 Å². The van der Waals surface area contributed by atoms with Gasteiger partial charge in [0, 0.05) is 62.8 Å². The second-order valence-corrected chi connectivity index (χ2v) is 10.4. The smallest absolute Gasteiger partial charge is 0.141 e. The van der Waals surface area contributed by atoms with Crippen molar-refractivity contribution in [3.8, 4) is 5.75 Å². The third kappa shape index (κ3) is 6.61. The van der Waals surface area contributed by atoms with E-state index in [9.17, 15) is 4.79 Å². The second-order valence-electron chi connectivity index (χ2n) is 10.4. The fourth-order valence-corrected chi connectivity index (χ4v) is 5.62. The van der Waals surface area contributed by atoms with Crippen molar-refractivity contribution in [3.63, 3.8) is 0 Å². The summed E-state index contributed by atoms with van der Waals surface area (Å²) >= 11 is 0. The number of carbonyl (C=O) groups excluding carboxylic acids is 1. The molecule has 0 aromatic heterocycles. The molecule has 5 rings (SSSR count). The van der Waals surface area contributed by atoms with Gasteiger partial charge in [-0.2, -0.15) is 0 Å². The molecule has 2 heterocycles. The summed E-state index contributed by atoms with van der Waals surface area (Å²) < 4.78 is 11.5. The Hall–Kier alpha value is -3.39. The largest absolute Gasteiger partial charge is 0.496 e. The topological polar surface area (TPSA) is 57.3 Å². The quantitative estimate of drug-likeness (QED) is 0.293. The first kappa shape index (κ1) is 27.2. The molecule has 3 aromatic carbocycles. The molecule has 0 bridgehead atoms. The molecule has 0 aliphatic carbocycles. The van der Waals surface area contributed by atoms with Crippen molar-refractivity contribution in [1.82, 2.24) is 9.80 Å². The highest BCUT2D eigenvalue weighted by atomic mass is 16.5. The predicted octanol–water partition coefficient (Wildman–Crippen LogP) is 4.37. The van der Waals surface area contributed by atoms with Gasteiger partial charge in [0.15, 0.2) is 0 Å². The van der Waals surface area contributed by atoms with Crippen LogP contribution in [0.1, 0.15) is 28.3 Å². The predicted molar refractivity (Wildman–Crippen MR) is 157 cm³/mol. The Bertz CT molecular complexity index is 1210. The zero-order chi connectivity index (χ0) is 27.0. The maximum atomic E-state index is 12.4. The fraction of sp³-hybridized carbons (Fsp3) is 0.406. The lowest BCUT2D eigenvalue weighted by Crippen LogP contribution is -2.45. The molecule has 7 nitrogen and oxygen atoms in total. The molecule has 0 amide bonds. The Morgan fingerprint density at radius 2 is 1.69 bits per heavy atom. The van der Waals surface area contributed by atoms with Crippen LogP contribution >= 0.6 is 0 Å². The van der Waals surface area contributed by atoms with E-state index >= 15 is 0 Å². The van der Waals surface area contributed by atoms with E-state index in [0.717, 1.165) is 75.5 Å². The highest BCUT2D eigenvalue weighted by Crippen LogP contribution is 2.38. The van der Waals surface area contributed by atoms with Gasteiger partial charge in [-0.15, -0.1) is 0 Å². The number of hydrogen-bond acceptors (Lipinski definition) is 7. The van der Waals surface area contributed by atoms with Gasteiger partial charge in [0.05, 0.1) is 26.4 Å². The van der Waals surface area contributed by atoms with Crippen LogP contribution in [0.15, 0.2) is 66.7 Å². The highest BCUT2D eigenvalue weighted by molar-refractivity contribution is 5.65. The first-order chi connectivity index (χ1) is 19.2. The molecule has 0 radical (unpaired) electrons. The van der Waals surface area contributed by atoms with Gasteiger partial charge >= 0.3 is 0 Å². The number of ether oxygens (including phenoxy) is 2. The molecule has 7 heteroatoms. The van der Waals surface area contributed by atoms with E-state index in [1.165, 1.54) is 22.4 Å². The van der Waals surface area contributed by atoms with Gasteiger partial charge in [-0.25, -0.2) is 0 Å². The maximum Gasteiger partial charge on any atom is 0.141 e. The van der Waals surface area contributed by atoms with Crippen molar-refractivity contribution in [3.05, 3.63) is 89.0 Å². The van der Waals surface area contributed by atoms with Crippen LogP contribution in [0.25, 0.3) is 0 Å². The van der Waals surface area contributed by atoms with Crippen molar-refractivity contribution in [2.45, 2.75) is 25.6 Å². The molecule has 2 aliphatic rings. The van der Waals surface area contributed by atoms with Crippen molar-refractivity contribution in [2.75, 3.05) is 70.2 Å². The Kier molecular flexibility index (Phi) is 9.14. The van der Waals surface area contributed by atoms with Crippen molar-refractivity contribution in [2.24, 2.45) is 0 Å². The number of piperazine rings is 1. The van der Waals surface area contributed by atoms with Gasteiger partial charge in [-0.1, -0.05) is 42.5 Å². The first-order valence-electron chi connectivity index (χ1n) is 13.9. The minimum atomic E-state index is -0.284. The molecule has 1 saturated heterocycles. The summed E-state index contributed by atoms with van der Waals surface area (Å²) in [5, 5.41) is 3.42. The van der Waals surface area contributed by atoms with Gasteiger partial charge in [0.25, 0.3) is 0 Å². The number of benzene rings is 3. The molecule has 3 aromatic rings. The number of hydrogen-bond donors (Lipinski definition) is 1. The number of nitrogens with zero attached hydrogens (tertiary/aromatic N) is 3. The first-order valence-corrected chi connectivity index (χ1v) is 13.9. The van der Waals surface area contributed by atoms with Crippen LogP contribution in [0.2, 0.25) is 0 Å². The van der Waals surface area contributed by atoms with Crippen LogP contribution in [0.3, 0.4) is 0 Å². The summed E-state index contributed by atoms with van der Waals surface area (Å²) in [7, 11) is 3.93. The monoisotopic (exact) mass is 528 g/mol. The summed E-state index contributed by atoms with van der Waals surface area (Å²) in [5.41, 5.74) is 7.08. The molecule has 0 saturated carbocycles. The number of anilines is 2. The lowest BCUT2D eigenvalue weighted by molar-refractivity contribution is -0.113. The van der Waals surface area contributed by atoms with Crippen molar-refractivity contribution in [1.29, 1.82) is 0 Å². The standard InChI is InChI=1S/C32H40N4O3/c1-34-17-19-35(20-18-34)30-12-13-32(38-2)28-14-16-36(22-29(28)30)31(23-37)26-8-10-27(11-9-26)33-15-21-39-24-25-6-4-3-5-7-25/h3-13,23,31,33H,14-22,24H2,1-2H3/t31-/m1/s1. The zero-order valence-corrected chi connectivity index (χ0v) is 23.1.